The van der Waals surface area contributed by atoms with E-state index < -0.39 is 33.2 Å². The molecule has 2 aromatic rings. The van der Waals surface area contributed by atoms with Crippen molar-refractivity contribution >= 4 is 38.4 Å². The number of hydrogen-bond acceptors (Lipinski definition) is 7. The van der Waals surface area contributed by atoms with Crippen LogP contribution in [0.15, 0.2) is 28.7 Å². The molecule has 7 nitrogen and oxygen atoms in total. The molecular weight excluding hydrogens is 441 g/mol. The van der Waals surface area contributed by atoms with Gasteiger partial charge >= 0.3 is 17.3 Å². The highest BCUT2D eigenvalue weighted by Crippen LogP contribution is 2.39. The van der Waals surface area contributed by atoms with Crippen LogP contribution in [0.5, 0.6) is 0 Å². The van der Waals surface area contributed by atoms with E-state index in [0.29, 0.717) is 4.47 Å². The van der Waals surface area contributed by atoms with Gasteiger partial charge in [-0.05, 0) is 36.6 Å². The predicted octanol–water partition coefficient (Wildman–Crippen LogP) is 3.21. The molecule has 1 fully saturated rings. The number of aromatic nitrogens is 2. The summed E-state index contributed by atoms with van der Waals surface area (Å²) in [4.78, 5) is 13.9. The fourth-order valence-electron chi connectivity index (χ4n) is 2.50. The van der Waals surface area contributed by atoms with Crippen LogP contribution >= 0.6 is 27.3 Å². The van der Waals surface area contributed by atoms with Crippen LogP contribution in [-0.2, 0) is 10.9 Å². The summed E-state index contributed by atoms with van der Waals surface area (Å²) in [7, 11) is 1.60. The lowest BCUT2D eigenvalue weighted by molar-refractivity contribution is -0.138. The summed E-state index contributed by atoms with van der Waals surface area (Å²) in [5, 5.41) is 18.0. The molecule has 0 amide bonds. The van der Waals surface area contributed by atoms with Crippen LogP contribution in [-0.4, -0.2) is 47.6 Å². The highest BCUT2D eigenvalue weighted by molar-refractivity contribution is 9.10. The molecule has 1 aromatic heterocycles. The number of benzene rings is 1. The molecule has 1 aromatic carbocycles. The number of halogens is 4. The minimum atomic E-state index is -4.69. The Kier molecular flexibility index (Phi) is 5.05. The van der Waals surface area contributed by atoms with E-state index in [1.165, 1.54) is 12.1 Å². The number of esters is 1. The second-order valence-corrected chi connectivity index (χ2v) is 7.61. The fourth-order valence-corrected chi connectivity index (χ4v) is 3.68. The SMILES string of the molecule is CN1CC(OC(=O)c2cccc(Br)c2)[N+]([O-])(c2nnc(C(F)(F)F)s2)C1. The van der Waals surface area contributed by atoms with Gasteiger partial charge in [-0.3, -0.25) is 4.65 Å². The average molecular weight is 453 g/mol. The number of ether oxygens (including phenoxy) is 1. The van der Waals surface area contributed by atoms with Gasteiger partial charge in [0.2, 0.25) is 5.01 Å². The summed E-state index contributed by atoms with van der Waals surface area (Å²) in [6.45, 7) is -0.146. The molecule has 12 heteroatoms. The molecule has 0 saturated carbocycles. The normalized spacial score (nSPS) is 24.0. The minimum Gasteiger partial charge on any atom is -0.622 e. The molecule has 0 aliphatic carbocycles. The van der Waals surface area contributed by atoms with Gasteiger partial charge in [-0.2, -0.15) is 13.2 Å². The molecule has 26 heavy (non-hydrogen) atoms. The van der Waals surface area contributed by atoms with Gasteiger partial charge in [-0.25, -0.2) is 9.69 Å². The number of hydroxylamine groups is 2. The first kappa shape index (κ1) is 19.2. The molecule has 140 valence electrons. The van der Waals surface area contributed by atoms with Crippen molar-refractivity contribution in [1.82, 2.24) is 19.7 Å². The molecule has 1 saturated heterocycles. The van der Waals surface area contributed by atoms with Gasteiger partial charge in [0.1, 0.15) is 6.67 Å². The Bertz CT molecular complexity index is 834. The Hall–Kier alpha value is -1.60. The zero-order valence-electron chi connectivity index (χ0n) is 13.2. The number of quaternary nitrogens is 1. The Balaban J connectivity index is 1.86. The van der Waals surface area contributed by atoms with Crippen LogP contribution < -0.4 is 4.65 Å². The second kappa shape index (κ2) is 6.85. The third-order valence-corrected chi connectivity index (χ3v) is 5.24. The maximum atomic E-state index is 13.2. The quantitative estimate of drug-likeness (QED) is 0.404. The molecule has 0 bridgehead atoms. The van der Waals surface area contributed by atoms with Crippen molar-refractivity contribution in [2.45, 2.75) is 12.4 Å². The van der Waals surface area contributed by atoms with E-state index in [9.17, 15) is 23.2 Å². The van der Waals surface area contributed by atoms with Crippen LogP contribution in [0.4, 0.5) is 18.3 Å². The van der Waals surface area contributed by atoms with Crippen molar-refractivity contribution in [3.05, 3.63) is 44.5 Å². The van der Waals surface area contributed by atoms with Crippen LogP contribution in [0.25, 0.3) is 0 Å². The number of carbonyl (C=O) groups excluding carboxylic acids is 1. The third kappa shape index (κ3) is 3.74. The van der Waals surface area contributed by atoms with Crippen molar-refractivity contribution in [2.24, 2.45) is 0 Å². The molecule has 1 aliphatic rings. The Morgan fingerprint density at radius 1 is 1.46 bits per heavy atom. The van der Waals surface area contributed by atoms with E-state index in [1.54, 1.807) is 24.1 Å². The summed E-state index contributed by atoms with van der Waals surface area (Å²) in [6.07, 6.45) is -5.94. The lowest BCUT2D eigenvalue weighted by Gasteiger charge is -2.38. The second-order valence-electron chi connectivity index (χ2n) is 5.73. The van der Waals surface area contributed by atoms with E-state index in [1.807, 2.05) is 0 Å². The zero-order valence-corrected chi connectivity index (χ0v) is 15.6. The number of likely N-dealkylation sites (N-methyl/N-ethyl adjacent to an activating group) is 1. The average Bonchev–Trinajstić information content (AvgIpc) is 3.13. The van der Waals surface area contributed by atoms with Crippen LogP contribution in [0, 0.1) is 5.21 Å². The van der Waals surface area contributed by atoms with Crippen molar-refractivity contribution in [3.8, 4) is 0 Å². The molecule has 0 radical (unpaired) electrons. The predicted molar refractivity (Wildman–Crippen MR) is 90.9 cm³/mol. The molecule has 3 rings (SSSR count). The number of carbonyl (C=O) groups is 1. The van der Waals surface area contributed by atoms with Gasteiger partial charge in [0, 0.05) is 4.47 Å². The Labute approximate surface area is 158 Å². The first-order valence-electron chi connectivity index (χ1n) is 7.25. The van der Waals surface area contributed by atoms with Crippen molar-refractivity contribution in [2.75, 3.05) is 20.3 Å². The van der Waals surface area contributed by atoms with Crippen LogP contribution in [0.3, 0.4) is 0 Å². The topological polar surface area (TPSA) is 78.4 Å². The lowest BCUT2D eigenvalue weighted by Crippen LogP contribution is -2.50. The molecular formula is C14H12BrF3N4O3S. The molecule has 2 unspecified atom stereocenters. The monoisotopic (exact) mass is 452 g/mol. The highest BCUT2D eigenvalue weighted by atomic mass is 79.9. The molecule has 1 aliphatic heterocycles. The maximum absolute atomic E-state index is 13.2. The number of rotatable bonds is 3. The van der Waals surface area contributed by atoms with E-state index in [4.69, 9.17) is 4.74 Å². The van der Waals surface area contributed by atoms with Gasteiger partial charge in [0.15, 0.2) is 0 Å². The molecule has 2 atom stereocenters. The van der Waals surface area contributed by atoms with Crippen molar-refractivity contribution in [1.29, 1.82) is 0 Å². The maximum Gasteiger partial charge on any atom is 0.445 e. The van der Waals surface area contributed by atoms with E-state index >= 15 is 0 Å². The van der Waals surface area contributed by atoms with E-state index in [0.717, 1.165) is 0 Å². The first-order chi connectivity index (χ1) is 12.1. The largest absolute Gasteiger partial charge is 0.622 e. The van der Waals surface area contributed by atoms with Gasteiger partial charge < -0.3 is 9.94 Å². The number of alkyl halides is 3. The van der Waals surface area contributed by atoms with Gasteiger partial charge in [0.25, 0.3) is 6.23 Å². The lowest BCUT2D eigenvalue weighted by atomic mass is 10.2. The van der Waals surface area contributed by atoms with Crippen molar-refractivity contribution in [3.63, 3.8) is 0 Å². The fraction of sp³-hybridized carbons (Fsp3) is 0.357. The van der Waals surface area contributed by atoms with Gasteiger partial charge in [0.05, 0.1) is 12.1 Å². The number of nitrogens with zero attached hydrogens (tertiary/aromatic N) is 4. The van der Waals surface area contributed by atoms with E-state index in [-0.39, 0.29) is 30.1 Å². The molecule has 0 N–H and O–H groups in total. The minimum absolute atomic E-state index is 0.0597. The Morgan fingerprint density at radius 3 is 2.81 bits per heavy atom. The first-order valence-corrected chi connectivity index (χ1v) is 8.85. The zero-order chi connectivity index (χ0) is 19.1. The highest BCUT2D eigenvalue weighted by Gasteiger charge is 2.47. The Morgan fingerprint density at radius 2 is 2.19 bits per heavy atom. The van der Waals surface area contributed by atoms with Crippen molar-refractivity contribution < 1.29 is 22.7 Å². The van der Waals surface area contributed by atoms with Crippen LogP contribution in [0.2, 0.25) is 0 Å². The summed E-state index contributed by atoms with van der Waals surface area (Å²) in [5.74, 6) is -0.745. The molecule has 2 heterocycles. The van der Waals surface area contributed by atoms with Gasteiger partial charge in [-0.1, -0.05) is 27.1 Å². The van der Waals surface area contributed by atoms with Gasteiger partial charge in [-0.15, -0.1) is 5.10 Å². The third-order valence-electron chi connectivity index (χ3n) is 3.67. The van der Waals surface area contributed by atoms with E-state index in [2.05, 4.69) is 26.1 Å². The van der Waals surface area contributed by atoms with Crippen LogP contribution in [0.1, 0.15) is 15.4 Å². The summed E-state index contributed by atoms with van der Waals surface area (Å²) < 4.78 is 42.9. The smallest absolute Gasteiger partial charge is 0.445 e. The summed E-state index contributed by atoms with van der Waals surface area (Å²) in [6, 6.07) is 6.38. The molecule has 0 spiro atoms. The summed E-state index contributed by atoms with van der Waals surface area (Å²) >= 11 is 3.38. The standard InChI is InChI=1S/C14H12BrF3N4O3S/c1-21-6-10(25-11(23)8-3-2-4-9(15)5-8)22(24,7-21)13-20-19-12(26-13)14(16,17)18/h2-5,10H,6-7H2,1H3. The number of hydrogen-bond donors (Lipinski definition) is 0. The summed E-state index contributed by atoms with van der Waals surface area (Å²) in [5.41, 5.74) is 0.216.